The maximum Gasteiger partial charge on any atom is 0.294 e. The first-order chi connectivity index (χ1) is 15.1. The highest BCUT2D eigenvalue weighted by Gasteiger charge is 2.44. The Morgan fingerprint density at radius 1 is 1.03 bits per heavy atom. The fraction of sp³-hybridized carbons (Fsp3) is 0.160. The van der Waals surface area contributed by atoms with Gasteiger partial charge in [-0.2, -0.15) is 0 Å². The van der Waals surface area contributed by atoms with Gasteiger partial charge in [-0.15, -0.1) is 0 Å². The van der Waals surface area contributed by atoms with Crippen LogP contribution in [0.4, 0.5) is 5.69 Å². The predicted octanol–water partition coefficient (Wildman–Crippen LogP) is 4.19. The molecule has 0 aliphatic carbocycles. The molecular formula is C25H22N2O4. The van der Waals surface area contributed by atoms with Crippen LogP contribution in [0, 0.1) is 0 Å². The second-order valence-corrected chi connectivity index (χ2v) is 7.23. The number of ether oxygens (including phenoxy) is 1. The van der Waals surface area contributed by atoms with E-state index in [1.54, 1.807) is 55.9 Å². The Labute approximate surface area is 180 Å². The third kappa shape index (κ3) is 4.05. The van der Waals surface area contributed by atoms with Gasteiger partial charge in [0.2, 0.25) is 0 Å². The molecule has 0 saturated carbocycles. The van der Waals surface area contributed by atoms with Gasteiger partial charge in [0.25, 0.3) is 5.91 Å². The highest BCUT2D eigenvalue weighted by molar-refractivity contribution is 6.16. The number of aliphatic hydroxyl groups is 1. The summed E-state index contributed by atoms with van der Waals surface area (Å²) in [6.07, 6.45) is 3.92. The van der Waals surface area contributed by atoms with Crippen LogP contribution in [0.1, 0.15) is 23.6 Å². The lowest BCUT2D eigenvalue weighted by Crippen LogP contribution is -2.31. The van der Waals surface area contributed by atoms with E-state index < -0.39 is 17.7 Å². The minimum atomic E-state index is -0.729. The van der Waals surface area contributed by atoms with Crippen molar-refractivity contribution in [2.75, 3.05) is 12.0 Å². The standard InChI is InChI=1S/C25H22N2O4/c1-31-20-10-8-19(9-11-20)27-23(18-13-15-26-16-14-18)22(24(29)25(27)30)21(28)12-7-17-5-3-2-4-6-17/h2-6,8-11,13-16,23,29H,7,12H2,1H3. The number of benzene rings is 2. The van der Waals surface area contributed by atoms with Gasteiger partial charge >= 0.3 is 0 Å². The molecule has 1 atom stereocenters. The molecule has 4 rings (SSSR count). The van der Waals surface area contributed by atoms with Gasteiger partial charge in [-0.1, -0.05) is 30.3 Å². The van der Waals surface area contributed by atoms with Crippen LogP contribution in [0.5, 0.6) is 5.75 Å². The monoisotopic (exact) mass is 414 g/mol. The van der Waals surface area contributed by atoms with Gasteiger partial charge < -0.3 is 9.84 Å². The molecule has 1 aromatic heterocycles. The van der Waals surface area contributed by atoms with Crippen LogP contribution in [0.2, 0.25) is 0 Å². The molecule has 6 nitrogen and oxygen atoms in total. The molecule has 1 N–H and O–H groups in total. The summed E-state index contributed by atoms with van der Waals surface area (Å²) in [7, 11) is 1.56. The van der Waals surface area contributed by atoms with Crippen LogP contribution >= 0.6 is 0 Å². The van der Waals surface area contributed by atoms with Crippen molar-refractivity contribution in [1.82, 2.24) is 4.98 Å². The number of aliphatic hydroxyl groups excluding tert-OH is 1. The molecule has 1 aliphatic heterocycles. The summed E-state index contributed by atoms with van der Waals surface area (Å²) in [4.78, 5) is 31.7. The van der Waals surface area contributed by atoms with Crippen molar-refractivity contribution < 1.29 is 19.4 Å². The Hall–Kier alpha value is -3.93. The Bertz CT molecular complexity index is 1110. The summed E-state index contributed by atoms with van der Waals surface area (Å²) >= 11 is 0. The first-order valence-corrected chi connectivity index (χ1v) is 9.98. The zero-order valence-corrected chi connectivity index (χ0v) is 17.1. The molecule has 0 bridgehead atoms. The van der Waals surface area contributed by atoms with Crippen molar-refractivity contribution in [1.29, 1.82) is 0 Å². The van der Waals surface area contributed by atoms with Crippen LogP contribution < -0.4 is 9.64 Å². The van der Waals surface area contributed by atoms with Gasteiger partial charge in [0, 0.05) is 24.5 Å². The maximum atomic E-state index is 13.2. The third-order valence-corrected chi connectivity index (χ3v) is 5.36. The van der Waals surface area contributed by atoms with E-state index in [9.17, 15) is 14.7 Å². The van der Waals surface area contributed by atoms with Crippen molar-refractivity contribution in [3.8, 4) is 5.75 Å². The Balaban J connectivity index is 1.70. The number of carbonyl (C=O) groups is 2. The van der Waals surface area contributed by atoms with Gasteiger partial charge in [0.1, 0.15) is 5.75 Å². The van der Waals surface area contributed by atoms with Crippen molar-refractivity contribution >= 4 is 17.4 Å². The molecule has 2 heterocycles. The molecule has 0 spiro atoms. The topological polar surface area (TPSA) is 79.7 Å². The first-order valence-electron chi connectivity index (χ1n) is 9.98. The quantitative estimate of drug-likeness (QED) is 0.627. The van der Waals surface area contributed by atoms with Crippen molar-refractivity contribution in [2.45, 2.75) is 18.9 Å². The van der Waals surface area contributed by atoms with Gasteiger partial charge in [0.15, 0.2) is 11.5 Å². The normalized spacial score (nSPS) is 16.0. The highest BCUT2D eigenvalue weighted by atomic mass is 16.5. The molecule has 31 heavy (non-hydrogen) atoms. The number of methoxy groups -OCH3 is 1. The minimum absolute atomic E-state index is 0.114. The number of Topliss-reactive ketones (excluding diaryl/α,β-unsaturated/α-hetero) is 1. The van der Waals surface area contributed by atoms with Gasteiger partial charge in [-0.05, 0) is 53.9 Å². The van der Waals surface area contributed by atoms with Gasteiger partial charge in [-0.3, -0.25) is 19.5 Å². The van der Waals surface area contributed by atoms with Crippen molar-refractivity contribution in [3.05, 3.63) is 102 Å². The average Bonchev–Trinajstić information content (AvgIpc) is 3.09. The fourth-order valence-electron chi connectivity index (χ4n) is 3.80. The molecule has 6 heteroatoms. The van der Waals surface area contributed by atoms with Crippen molar-refractivity contribution in [2.24, 2.45) is 0 Å². The zero-order chi connectivity index (χ0) is 21.8. The second-order valence-electron chi connectivity index (χ2n) is 7.23. The van der Waals surface area contributed by atoms with E-state index in [4.69, 9.17) is 4.74 Å². The molecule has 1 amide bonds. The molecule has 0 fully saturated rings. The third-order valence-electron chi connectivity index (χ3n) is 5.36. The van der Waals surface area contributed by atoms with Crippen LogP contribution in [-0.2, 0) is 16.0 Å². The fourth-order valence-corrected chi connectivity index (χ4v) is 3.80. The molecule has 156 valence electrons. The predicted molar refractivity (Wildman–Crippen MR) is 117 cm³/mol. The van der Waals surface area contributed by atoms with Gasteiger partial charge in [0.05, 0.1) is 18.7 Å². The summed E-state index contributed by atoms with van der Waals surface area (Å²) in [5, 5.41) is 10.7. The number of ketones is 1. The largest absolute Gasteiger partial charge is 0.503 e. The van der Waals surface area contributed by atoms with Crippen molar-refractivity contribution in [3.63, 3.8) is 0 Å². The number of aromatic nitrogens is 1. The number of pyridine rings is 1. The second kappa shape index (κ2) is 8.83. The summed E-state index contributed by atoms with van der Waals surface area (Å²) in [6.45, 7) is 0. The highest BCUT2D eigenvalue weighted by Crippen LogP contribution is 2.41. The number of carbonyl (C=O) groups excluding carboxylic acids is 2. The molecule has 0 radical (unpaired) electrons. The van der Waals surface area contributed by atoms with Crippen LogP contribution in [-0.4, -0.2) is 28.9 Å². The number of hydrogen-bond donors (Lipinski definition) is 1. The Morgan fingerprint density at radius 2 is 1.71 bits per heavy atom. The number of anilines is 1. The number of amides is 1. The van der Waals surface area contributed by atoms with Gasteiger partial charge in [-0.25, -0.2) is 0 Å². The number of aryl methyl sites for hydroxylation is 1. The SMILES string of the molecule is COc1ccc(N2C(=O)C(O)=C(C(=O)CCc3ccccc3)C2c2ccncc2)cc1. The summed E-state index contributed by atoms with van der Waals surface area (Å²) < 4.78 is 5.20. The maximum absolute atomic E-state index is 13.2. The summed E-state index contributed by atoms with van der Waals surface area (Å²) in [5.74, 6) is -0.717. The Morgan fingerprint density at radius 3 is 2.35 bits per heavy atom. The number of nitrogens with zero attached hydrogens (tertiary/aromatic N) is 2. The molecule has 2 aromatic carbocycles. The van der Waals surface area contributed by atoms with Crippen LogP contribution in [0.3, 0.4) is 0 Å². The molecule has 1 unspecified atom stereocenters. The first kappa shape index (κ1) is 20.3. The minimum Gasteiger partial charge on any atom is -0.503 e. The van der Waals surface area contributed by atoms with E-state index in [0.717, 1.165) is 5.56 Å². The smallest absolute Gasteiger partial charge is 0.294 e. The van der Waals surface area contributed by atoms with E-state index in [-0.39, 0.29) is 17.8 Å². The lowest BCUT2D eigenvalue weighted by atomic mass is 9.93. The van der Waals surface area contributed by atoms with E-state index in [2.05, 4.69) is 4.98 Å². The van der Waals surface area contributed by atoms with Crippen LogP contribution in [0.25, 0.3) is 0 Å². The molecule has 0 saturated heterocycles. The number of rotatable bonds is 7. The molecule has 3 aromatic rings. The van der Waals surface area contributed by atoms with Crippen LogP contribution in [0.15, 0.2) is 90.5 Å². The lowest BCUT2D eigenvalue weighted by molar-refractivity contribution is -0.118. The average molecular weight is 414 g/mol. The van der Waals surface area contributed by atoms with E-state index in [1.165, 1.54) is 4.90 Å². The molecular weight excluding hydrogens is 392 g/mol. The number of hydrogen-bond acceptors (Lipinski definition) is 5. The van der Waals surface area contributed by atoms with E-state index in [1.807, 2.05) is 30.3 Å². The molecule has 1 aliphatic rings. The van der Waals surface area contributed by atoms with E-state index in [0.29, 0.717) is 23.4 Å². The Kier molecular flexibility index (Phi) is 5.80. The zero-order valence-electron chi connectivity index (χ0n) is 17.1. The van der Waals surface area contributed by atoms with E-state index >= 15 is 0 Å². The summed E-state index contributed by atoms with van der Waals surface area (Å²) in [5.41, 5.74) is 2.40. The summed E-state index contributed by atoms with van der Waals surface area (Å²) in [6, 6.07) is 19.4. The lowest BCUT2D eigenvalue weighted by Gasteiger charge is -2.27.